The van der Waals surface area contributed by atoms with Gasteiger partial charge in [-0.15, -0.1) is 0 Å². The lowest BCUT2D eigenvalue weighted by molar-refractivity contribution is -0.134. The SMILES string of the molecule is CN(CCCC1CC(c2ccc(F)cc2)NN1)C(=O)C1CC(=O)N(c2ccc(F)cc2F)C1. The third kappa shape index (κ3) is 5.36. The van der Waals surface area contributed by atoms with Crippen molar-refractivity contribution in [1.29, 1.82) is 0 Å². The highest BCUT2D eigenvalue weighted by Gasteiger charge is 2.37. The van der Waals surface area contributed by atoms with Gasteiger partial charge in [-0.2, -0.15) is 0 Å². The van der Waals surface area contributed by atoms with Crippen LogP contribution in [-0.2, 0) is 9.59 Å². The van der Waals surface area contributed by atoms with E-state index in [1.165, 1.54) is 23.1 Å². The van der Waals surface area contributed by atoms with E-state index in [2.05, 4.69) is 10.9 Å². The number of hydrogen-bond acceptors (Lipinski definition) is 4. The van der Waals surface area contributed by atoms with Crippen molar-refractivity contribution < 1.29 is 22.8 Å². The topological polar surface area (TPSA) is 64.7 Å². The Hall–Kier alpha value is -2.91. The molecule has 4 rings (SSSR count). The first-order valence-corrected chi connectivity index (χ1v) is 11.1. The Bertz CT molecular complexity index is 1020. The van der Waals surface area contributed by atoms with E-state index in [9.17, 15) is 22.8 Å². The summed E-state index contributed by atoms with van der Waals surface area (Å²) in [6.07, 6.45) is 2.49. The Morgan fingerprint density at radius 3 is 2.55 bits per heavy atom. The lowest BCUT2D eigenvalue weighted by atomic mass is 9.99. The largest absolute Gasteiger partial charge is 0.345 e. The summed E-state index contributed by atoms with van der Waals surface area (Å²) in [5, 5.41) is 0. The molecule has 6 nitrogen and oxygen atoms in total. The van der Waals surface area contributed by atoms with Crippen LogP contribution >= 0.6 is 0 Å². The minimum atomic E-state index is -0.818. The van der Waals surface area contributed by atoms with Crippen molar-refractivity contribution in [2.24, 2.45) is 5.92 Å². The monoisotopic (exact) mass is 460 g/mol. The lowest BCUT2D eigenvalue weighted by Crippen LogP contribution is -2.36. The predicted molar refractivity (Wildman–Crippen MR) is 118 cm³/mol. The highest BCUT2D eigenvalue weighted by Crippen LogP contribution is 2.29. The zero-order valence-electron chi connectivity index (χ0n) is 18.4. The fraction of sp³-hybridized carbons (Fsp3) is 0.417. The molecule has 3 atom stereocenters. The molecule has 176 valence electrons. The number of nitrogens with zero attached hydrogens (tertiary/aromatic N) is 2. The maximum atomic E-state index is 14.1. The summed E-state index contributed by atoms with van der Waals surface area (Å²) >= 11 is 0. The Morgan fingerprint density at radius 1 is 1.09 bits per heavy atom. The smallest absolute Gasteiger partial charge is 0.227 e. The van der Waals surface area contributed by atoms with Gasteiger partial charge in [0, 0.05) is 44.7 Å². The number of anilines is 1. The second kappa shape index (κ2) is 9.93. The van der Waals surface area contributed by atoms with Gasteiger partial charge < -0.3 is 9.80 Å². The molecule has 2 fully saturated rings. The molecule has 0 bridgehead atoms. The summed E-state index contributed by atoms with van der Waals surface area (Å²) in [5.41, 5.74) is 7.50. The summed E-state index contributed by atoms with van der Waals surface area (Å²) in [4.78, 5) is 28.0. The molecule has 0 aromatic heterocycles. The van der Waals surface area contributed by atoms with Crippen molar-refractivity contribution >= 4 is 17.5 Å². The van der Waals surface area contributed by atoms with E-state index in [1.54, 1.807) is 24.1 Å². The van der Waals surface area contributed by atoms with Crippen LogP contribution in [-0.4, -0.2) is 42.9 Å². The summed E-state index contributed by atoms with van der Waals surface area (Å²) in [6, 6.07) is 9.83. The zero-order chi connectivity index (χ0) is 23.5. The van der Waals surface area contributed by atoms with Crippen LogP contribution in [0, 0.1) is 23.4 Å². The average Bonchev–Trinajstić information content (AvgIpc) is 3.41. The van der Waals surface area contributed by atoms with E-state index in [4.69, 9.17) is 0 Å². The number of carbonyl (C=O) groups is 2. The molecule has 2 aromatic rings. The molecule has 0 aliphatic carbocycles. The van der Waals surface area contributed by atoms with Gasteiger partial charge in [-0.05, 0) is 49.1 Å². The lowest BCUT2D eigenvalue weighted by Gasteiger charge is -2.22. The molecule has 9 heteroatoms. The van der Waals surface area contributed by atoms with Crippen LogP contribution in [0.25, 0.3) is 0 Å². The molecule has 0 spiro atoms. The molecule has 2 saturated heterocycles. The maximum Gasteiger partial charge on any atom is 0.227 e. The molecular formula is C24H27F3N4O2. The Balaban J connectivity index is 1.24. The molecule has 0 saturated carbocycles. The molecule has 2 aromatic carbocycles. The van der Waals surface area contributed by atoms with Gasteiger partial charge in [-0.3, -0.25) is 20.4 Å². The summed E-state index contributed by atoms with van der Waals surface area (Å²) in [5.74, 6) is -2.85. The van der Waals surface area contributed by atoms with Crippen LogP contribution in [0.5, 0.6) is 0 Å². The van der Waals surface area contributed by atoms with E-state index in [0.29, 0.717) is 6.54 Å². The first-order chi connectivity index (χ1) is 15.8. The Labute approximate surface area is 190 Å². The van der Waals surface area contributed by atoms with Crippen LogP contribution in [0.2, 0.25) is 0 Å². The van der Waals surface area contributed by atoms with Crippen LogP contribution < -0.4 is 15.8 Å². The first kappa shape index (κ1) is 23.3. The molecule has 3 unspecified atom stereocenters. The number of amides is 2. The molecular weight excluding hydrogens is 433 g/mol. The Morgan fingerprint density at radius 2 is 1.82 bits per heavy atom. The van der Waals surface area contributed by atoms with Gasteiger partial charge in [0.1, 0.15) is 17.5 Å². The molecule has 2 aliphatic rings. The number of rotatable bonds is 7. The standard InChI is InChI=1S/C24H27F3N4O2/c1-30(10-2-3-19-13-21(29-28-19)15-4-6-17(25)7-5-15)24(33)16-11-23(32)31(14-16)22-9-8-18(26)12-20(22)27/h4-9,12,16,19,21,28-29H,2-3,10-11,13-14H2,1H3. The molecule has 33 heavy (non-hydrogen) atoms. The number of carbonyl (C=O) groups excluding carboxylic acids is 2. The van der Waals surface area contributed by atoms with E-state index in [0.717, 1.165) is 37.0 Å². The van der Waals surface area contributed by atoms with Crippen LogP contribution in [0.3, 0.4) is 0 Å². The minimum Gasteiger partial charge on any atom is -0.345 e. The number of benzene rings is 2. The quantitative estimate of drug-likeness (QED) is 0.666. The summed E-state index contributed by atoms with van der Waals surface area (Å²) in [6.45, 7) is 0.617. The van der Waals surface area contributed by atoms with Crippen molar-refractivity contribution in [3.8, 4) is 0 Å². The van der Waals surface area contributed by atoms with E-state index in [1.807, 2.05) is 0 Å². The van der Waals surface area contributed by atoms with Crippen molar-refractivity contribution in [2.45, 2.75) is 37.8 Å². The number of hydrazine groups is 1. The van der Waals surface area contributed by atoms with Crippen molar-refractivity contribution in [2.75, 3.05) is 25.0 Å². The number of hydrogen-bond donors (Lipinski definition) is 2. The second-order valence-corrected chi connectivity index (χ2v) is 8.73. The van der Waals surface area contributed by atoms with Gasteiger partial charge in [-0.25, -0.2) is 13.2 Å². The molecule has 2 aliphatic heterocycles. The van der Waals surface area contributed by atoms with Crippen molar-refractivity contribution in [3.63, 3.8) is 0 Å². The molecule has 2 heterocycles. The van der Waals surface area contributed by atoms with Crippen molar-refractivity contribution in [3.05, 3.63) is 65.5 Å². The van der Waals surface area contributed by atoms with E-state index in [-0.39, 0.29) is 48.4 Å². The zero-order valence-corrected chi connectivity index (χ0v) is 18.4. The predicted octanol–water partition coefficient (Wildman–Crippen LogP) is 3.30. The van der Waals surface area contributed by atoms with Crippen LogP contribution in [0.1, 0.15) is 37.3 Å². The van der Waals surface area contributed by atoms with Gasteiger partial charge in [0.05, 0.1) is 11.6 Å². The number of nitrogens with one attached hydrogen (secondary N) is 2. The fourth-order valence-corrected chi connectivity index (χ4v) is 4.53. The molecule has 0 radical (unpaired) electrons. The van der Waals surface area contributed by atoms with Gasteiger partial charge in [0.25, 0.3) is 0 Å². The van der Waals surface area contributed by atoms with Crippen molar-refractivity contribution in [1.82, 2.24) is 15.8 Å². The highest BCUT2D eigenvalue weighted by atomic mass is 19.1. The second-order valence-electron chi connectivity index (χ2n) is 8.73. The third-order valence-corrected chi connectivity index (χ3v) is 6.35. The van der Waals surface area contributed by atoms with Gasteiger partial charge >= 0.3 is 0 Å². The van der Waals surface area contributed by atoms with E-state index >= 15 is 0 Å². The summed E-state index contributed by atoms with van der Waals surface area (Å²) < 4.78 is 40.4. The van der Waals surface area contributed by atoms with Gasteiger partial charge in [0.15, 0.2) is 0 Å². The van der Waals surface area contributed by atoms with E-state index < -0.39 is 17.6 Å². The normalized spacial score (nSPS) is 22.7. The Kier molecular flexibility index (Phi) is 6.99. The number of halogens is 3. The van der Waals surface area contributed by atoms with Crippen LogP contribution in [0.15, 0.2) is 42.5 Å². The highest BCUT2D eigenvalue weighted by molar-refractivity contribution is 6.00. The first-order valence-electron chi connectivity index (χ1n) is 11.1. The average molecular weight is 461 g/mol. The van der Waals surface area contributed by atoms with Gasteiger partial charge in [-0.1, -0.05) is 12.1 Å². The third-order valence-electron chi connectivity index (χ3n) is 6.35. The molecule has 2 N–H and O–H groups in total. The minimum absolute atomic E-state index is 0.00475. The van der Waals surface area contributed by atoms with Gasteiger partial charge in [0.2, 0.25) is 11.8 Å². The maximum absolute atomic E-state index is 14.1. The summed E-state index contributed by atoms with van der Waals surface area (Å²) in [7, 11) is 1.70. The fourth-order valence-electron chi connectivity index (χ4n) is 4.53. The molecule has 2 amide bonds. The van der Waals surface area contributed by atoms with Crippen LogP contribution in [0.4, 0.5) is 18.9 Å².